The van der Waals surface area contributed by atoms with Crippen LogP contribution in [0, 0.1) is 34.9 Å². The van der Waals surface area contributed by atoms with E-state index in [4.69, 9.17) is 27.2 Å². The summed E-state index contributed by atoms with van der Waals surface area (Å²) < 4.78 is 129. The van der Waals surface area contributed by atoms with Gasteiger partial charge in [0.2, 0.25) is 6.08 Å². The summed E-state index contributed by atoms with van der Waals surface area (Å²) in [6.07, 6.45) is -1.04. The van der Waals surface area contributed by atoms with Crippen LogP contribution in [0.3, 0.4) is 0 Å². The Kier molecular flexibility index (Phi) is 33.0. The second kappa shape index (κ2) is 36.9. The number of aliphatic imine (C=N–C) groups is 1. The van der Waals surface area contributed by atoms with Gasteiger partial charge in [-0.05, 0) is 102 Å². The molecule has 7 nitrogen and oxygen atoms in total. The lowest BCUT2D eigenvalue weighted by Crippen LogP contribution is -2.53. The van der Waals surface area contributed by atoms with E-state index >= 15 is 0 Å². The van der Waals surface area contributed by atoms with Crippen LogP contribution >= 0.6 is 0 Å². The molecule has 422 valence electrons. The summed E-state index contributed by atoms with van der Waals surface area (Å²) in [4.78, 5) is 31.0. The van der Waals surface area contributed by atoms with Gasteiger partial charge < -0.3 is 20.2 Å². The van der Waals surface area contributed by atoms with Crippen molar-refractivity contribution in [1.29, 1.82) is 0 Å². The van der Waals surface area contributed by atoms with Gasteiger partial charge in [-0.2, -0.15) is 4.99 Å². The molecule has 3 N–H and O–H groups in total. The molecule has 3 heterocycles. The maximum absolute atomic E-state index is 14.3. The van der Waals surface area contributed by atoms with E-state index in [1.54, 1.807) is 128 Å². The number of nitrogens with one attached hydrogen (secondary N) is 3. The van der Waals surface area contributed by atoms with Gasteiger partial charge in [-0.15, -0.1) is 0 Å². The SMILES string of the molecule is C.C.Fc1ccc(-c2[nH]c3c(F)cc(F)cc3c2C2CCC2)cc1.O=C(NCC(F)F)N1CC(c2c(-c3ccc(F)cc3)[nH]c3c(F)cc(F)cc23)C1.O=C=NCC(F)F.S=S=S=S=S=S=S=S=S=S=S=S=S=S=S=S=S. The van der Waals surface area contributed by atoms with Gasteiger partial charge in [-0.1, -0.05) is 21.3 Å². The minimum absolute atomic E-state index is 0. The Balaban J connectivity index is 0.000000291. The summed E-state index contributed by atoms with van der Waals surface area (Å²) in [7, 11) is 25.4. The number of H-pyrrole nitrogens is 2. The molecular formula is C43H41F10N5O2S17. The summed E-state index contributed by atoms with van der Waals surface area (Å²) in [5.41, 5.74) is 4.63. The van der Waals surface area contributed by atoms with Crippen molar-refractivity contribution in [2.24, 2.45) is 4.99 Å². The van der Waals surface area contributed by atoms with Crippen LogP contribution in [0.15, 0.2) is 77.8 Å². The van der Waals surface area contributed by atoms with E-state index in [0.717, 1.165) is 54.3 Å². The average Bonchev–Trinajstić information content (AvgIpc) is 3.91. The normalized spacial score (nSPS) is 12.2. The number of amides is 2. The van der Waals surface area contributed by atoms with Crippen molar-refractivity contribution in [3.8, 4) is 22.5 Å². The quantitative estimate of drug-likeness (QED) is 0.0804. The second-order valence-electron chi connectivity index (χ2n) is 14.6. The molecular weight excluding hydrogens is 1350 g/mol. The van der Waals surface area contributed by atoms with E-state index in [9.17, 15) is 48.7 Å². The first-order valence-corrected chi connectivity index (χ1v) is 41.9. The first-order valence-electron chi connectivity index (χ1n) is 20.6. The van der Waals surface area contributed by atoms with Gasteiger partial charge in [0.25, 0.3) is 12.9 Å². The fourth-order valence-corrected chi connectivity index (χ4v) is 42.7. The summed E-state index contributed by atoms with van der Waals surface area (Å²) in [5.74, 6) is -3.39. The minimum atomic E-state index is -2.65. The van der Waals surface area contributed by atoms with E-state index in [2.05, 4.69) is 20.3 Å². The predicted octanol–water partition coefficient (Wildman–Crippen LogP) is 12.0. The highest BCUT2D eigenvalue weighted by atomic mass is 33.5. The molecule has 0 radical (unpaired) electrons. The standard InChI is InChI=1S/C20H16F5N3O.C18H14F3N.C3H3F2NO.2CH4.S17/c21-12-3-1-10(2-4-12)18-17(14-5-13(22)6-15(23)19(14)27-18)11-8-28(9-11)20(29)26-7-16(24)25;19-12-6-4-11(5-7-12)17-16(10-2-1-3-10)14-8-13(20)9-15(21)18(14)22-17;4-3(5)1-6-2-7;;;1-3-5-7-9-11-13-15-17-16-14-12-10-8-6-4-2/h1-6,11,16,27H,7-9H2,(H,26,29);4-10,22H,1-3H2;3H,1H2;2*1H4;. The zero-order valence-electron chi connectivity index (χ0n) is 37.1. The summed E-state index contributed by atoms with van der Waals surface area (Å²) in [5, 5.41) is 3.06. The average molecular weight is 1390 g/mol. The van der Waals surface area contributed by atoms with Crippen LogP contribution in [0.1, 0.15) is 57.1 Å². The largest absolute Gasteiger partial charge is 0.352 e. The number of nitrogens with zero attached hydrogens (tertiary/aromatic N) is 2. The highest BCUT2D eigenvalue weighted by Gasteiger charge is 2.36. The van der Waals surface area contributed by atoms with Gasteiger partial charge in [-0.25, -0.2) is 53.5 Å². The highest BCUT2D eigenvalue weighted by molar-refractivity contribution is 8.77. The Labute approximate surface area is 488 Å². The Hall–Kier alpha value is -2.35. The number of carbonyl (C=O) groups is 1. The first-order chi connectivity index (χ1) is 36.1. The Morgan fingerprint density at radius 3 is 1.31 bits per heavy atom. The van der Waals surface area contributed by atoms with Crippen molar-refractivity contribution in [3.05, 3.63) is 119 Å². The molecule has 2 aromatic heterocycles. The van der Waals surface area contributed by atoms with Crippen LogP contribution in [-0.2, 0) is 160 Å². The van der Waals surface area contributed by atoms with Crippen LogP contribution in [0.5, 0.6) is 0 Å². The molecule has 2 aliphatic rings. The van der Waals surface area contributed by atoms with E-state index in [0.29, 0.717) is 39.0 Å². The molecule has 0 unspecified atom stereocenters. The van der Waals surface area contributed by atoms with Gasteiger partial charge >= 0.3 is 6.03 Å². The van der Waals surface area contributed by atoms with Gasteiger partial charge in [0, 0.05) is 197 Å². The number of hydrogen-bond acceptors (Lipinski definition) is 5. The molecule has 0 atom stereocenters. The molecule has 1 saturated carbocycles. The maximum atomic E-state index is 14.3. The topological polar surface area (TPSA) is 93.4 Å². The number of aromatic amines is 2. The van der Waals surface area contributed by atoms with E-state index in [1.165, 1.54) is 71.2 Å². The summed E-state index contributed by atoms with van der Waals surface area (Å²) >= 11 is 9.48. The van der Waals surface area contributed by atoms with E-state index in [-0.39, 0.29) is 45.2 Å². The number of aromatic nitrogens is 2. The Morgan fingerprint density at radius 1 is 0.597 bits per heavy atom. The molecule has 0 bridgehead atoms. The fourth-order valence-electron chi connectivity index (χ4n) is 7.07. The molecule has 2 amide bonds. The number of likely N-dealkylation sites (tertiary alicyclic amines) is 1. The number of benzene rings is 4. The number of urea groups is 1. The van der Waals surface area contributed by atoms with Gasteiger partial charge in [-0.3, -0.25) is 0 Å². The molecule has 6 aromatic rings. The van der Waals surface area contributed by atoms with E-state index < -0.39 is 61.1 Å². The molecule has 4 aromatic carbocycles. The smallest absolute Gasteiger partial charge is 0.317 e. The molecule has 2 fully saturated rings. The third-order valence-electron chi connectivity index (χ3n) is 10.2. The molecule has 34 heteroatoms. The molecule has 0 spiro atoms. The van der Waals surface area contributed by atoms with Crippen molar-refractivity contribution >= 4 is 190 Å². The van der Waals surface area contributed by atoms with Crippen molar-refractivity contribution in [2.75, 3.05) is 26.2 Å². The zero-order valence-corrected chi connectivity index (χ0v) is 51.0. The maximum Gasteiger partial charge on any atom is 0.317 e. The monoisotopic (exact) mass is 1390 g/mol. The van der Waals surface area contributed by atoms with Crippen molar-refractivity contribution < 1.29 is 53.5 Å². The van der Waals surface area contributed by atoms with Crippen LogP contribution in [0.25, 0.3) is 44.3 Å². The lowest BCUT2D eigenvalue weighted by Gasteiger charge is -2.39. The third-order valence-corrected chi connectivity index (χ3v) is 41.3. The first kappa shape index (κ1) is 68.9. The number of carbonyl (C=O) groups excluding carboxylic acids is 2. The van der Waals surface area contributed by atoms with Gasteiger partial charge in [0.05, 0.1) is 29.0 Å². The molecule has 77 heavy (non-hydrogen) atoms. The summed E-state index contributed by atoms with van der Waals surface area (Å²) in [6.45, 7) is -1.07. The minimum Gasteiger partial charge on any atom is -0.352 e. The van der Waals surface area contributed by atoms with Crippen molar-refractivity contribution in [2.45, 2.75) is 58.8 Å². The molecule has 1 aliphatic carbocycles. The van der Waals surface area contributed by atoms with Crippen LogP contribution in [0.4, 0.5) is 48.7 Å². The van der Waals surface area contributed by atoms with E-state index in [1.807, 2.05) is 0 Å². The lowest BCUT2D eigenvalue weighted by molar-refractivity contribution is 0.125. The lowest BCUT2D eigenvalue weighted by atomic mass is 9.78. The summed E-state index contributed by atoms with van der Waals surface area (Å²) in [6, 6.07) is 15.2. The highest BCUT2D eigenvalue weighted by Crippen LogP contribution is 2.46. The number of isocyanates is 1. The Morgan fingerprint density at radius 2 is 0.987 bits per heavy atom. The van der Waals surface area contributed by atoms with Gasteiger partial charge in [0.1, 0.15) is 41.4 Å². The number of fused-ring (bicyclic) bond motifs is 2. The van der Waals surface area contributed by atoms with Gasteiger partial charge in [0.15, 0.2) is 0 Å². The van der Waals surface area contributed by atoms with Crippen LogP contribution in [0.2, 0.25) is 0 Å². The number of alkyl halides is 4. The number of rotatable bonds is 8. The van der Waals surface area contributed by atoms with Crippen LogP contribution in [-0.4, -0.2) is 66.0 Å². The number of halogens is 10. The third kappa shape index (κ3) is 22.2. The van der Waals surface area contributed by atoms with Crippen molar-refractivity contribution in [3.63, 3.8) is 0 Å². The van der Waals surface area contributed by atoms with Crippen molar-refractivity contribution in [1.82, 2.24) is 20.2 Å². The Bertz CT molecular complexity index is 3690. The zero-order chi connectivity index (χ0) is 54.3. The molecule has 1 aliphatic heterocycles. The predicted molar refractivity (Wildman–Crippen MR) is 335 cm³/mol. The second-order valence-corrected chi connectivity index (χ2v) is 41.1. The number of hydrogen-bond donors (Lipinski definition) is 3. The fraction of sp³-hybridized carbons (Fsp3) is 0.302. The van der Waals surface area contributed by atoms with Crippen LogP contribution < -0.4 is 5.32 Å². The molecule has 8 rings (SSSR count). The molecule has 1 saturated heterocycles.